The fourth-order valence-corrected chi connectivity index (χ4v) is 6.41. The van der Waals surface area contributed by atoms with Gasteiger partial charge >= 0.3 is 0 Å². The van der Waals surface area contributed by atoms with Gasteiger partial charge in [-0.1, -0.05) is 65.0 Å². The molecule has 2 heterocycles. The van der Waals surface area contributed by atoms with Gasteiger partial charge in [0.1, 0.15) is 0 Å². The van der Waals surface area contributed by atoms with Gasteiger partial charge in [0.25, 0.3) is 5.91 Å². The van der Waals surface area contributed by atoms with Gasteiger partial charge in [-0.05, 0) is 85.5 Å². The number of anilines is 2. The molecule has 1 atom stereocenters. The Kier molecular flexibility index (Phi) is 9.74. The van der Waals surface area contributed by atoms with Gasteiger partial charge in [-0.25, -0.2) is 0 Å². The molecule has 0 aromatic heterocycles. The second kappa shape index (κ2) is 13.0. The normalized spacial score (nSPS) is 18.2. The summed E-state index contributed by atoms with van der Waals surface area (Å²) in [6.07, 6.45) is 6.94. The number of amides is 2. The third-order valence-electron chi connectivity index (χ3n) is 8.40. The minimum absolute atomic E-state index is 0.0198. The molecule has 39 heavy (non-hydrogen) atoms. The van der Waals surface area contributed by atoms with Crippen LogP contribution in [0.3, 0.4) is 0 Å². The van der Waals surface area contributed by atoms with Crippen molar-refractivity contribution in [2.24, 2.45) is 23.2 Å². The molecule has 2 aromatic carbocycles. The minimum atomic E-state index is 0.0198. The van der Waals surface area contributed by atoms with Crippen molar-refractivity contribution < 1.29 is 9.59 Å². The van der Waals surface area contributed by atoms with Gasteiger partial charge < -0.3 is 15.1 Å². The van der Waals surface area contributed by atoms with Crippen LogP contribution in [0.1, 0.15) is 89.1 Å². The lowest BCUT2D eigenvalue weighted by Gasteiger charge is -2.36. The second-order valence-corrected chi connectivity index (χ2v) is 13.4. The number of rotatable bonds is 8. The monoisotopic (exact) mass is 531 g/mol. The molecule has 0 bridgehead atoms. The lowest BCUT2D eigenvalue weighted by Crippen LogP contribution is -2.40. The molecule has 2 aliphatic heterocycles. The Bertz CT molecular complexity index is 1090. The first-order valence-electron chi connectivity index (χ1n) is 15.1. The zero-order valence-corrected chi connectivity index (χ0v) is 24.8. The third-order valence-corrected chi connectivity index (χ3v) is 8.40. The smallest absolute Gasteiger partial charge is 0.256 e. The number of likely N-dealkylation sites (tertiary alicyclic amines) is 1. The van der Waals surface area contributed by atoms with Gasteiger partial charge in [0.2, 0.25) is 5.91 Å². The Hall–Kier alpha value is -2.82. The van der Waals surface area contributed by atoms with Crippen molar-refractivity contribution in [3.8, 4) is 0 Å². The molecule has 5 nitrogen and oxygen atoms in total. The summed E-state index contributed by atoms with van der Waals surface area (Å²) < 4.78 is 0. The van der Waals surface area contributed by atoms with Crippen LogP contribution in [0.15, 0.2) is 48.5 Å². The molecule has 2 aromatic rings. The van der Waals surface area contributed by atoms with Gasteiger partial charge in [0.15, 0.2) is 0 Å². The average molecular weight is 532 g/mol. The van der Waals surface area contributed by atoms with Gasteiger partial charge in [0, 0.05) is 44.0 Å². The molecular weight excluding hydrogens is 482 g/mol. The molecular formula is C34H49N3O2. The summed E-state index contributed by atoms with van der Waals surface area (Å²) in [4.78, 5) is 31.1. The molecule has 0 radical (unpaired) electrons. The number of hydrogen-bond donors (Lipinski definition) is 1. The van der Waals surface area contributed by atoms with E-state index in [0.717, 1.165) is 81.6 Å². The zero-order chi connectivity index (χ0) is 28.0. The highest BCUT2D eigenvalue weighted by atomic mass is 16.2. The predicted octanol–water partition coefficient (Wildman–Crippen LogP) is 7.42. The molecule has 1 N–H and O–H groups in total. The number of carbonyl (C=O) groups is 2. The molecule has 2 amide bonds. The van der Waals surface area contributed by atoms with Crippen molar-refractivity contribution in [1.82, 2.24) is 4.90 Å². The van der Waals surface area contributed by atoms with Crippen molar-refractivity contribution in [3.05, 3.63) is 59.7 Å². The van der Waals surface area contributed by atoms with Crippen LogP contribution in [0.4, 0.5) is 11.4 Å². The fourth-order valence-electron chi connectivity index (χ4n) is 6.41. The average Bonchev–Trinajstić information content (AvgIpc) is 2.88. The first-order valence-corrected chi connectivity index (χ1v) is 15.1. The summed E-state index contributed by atoms with van der Waals surface area (Å²) in [6.45, 7) is 14.6. The molecule has 2 saturated heterocycles. The second-order valence-electron chi connectivity index (χ2n) is 13.4. The fraction of sp³-hybridized carbons (Fsp3) is 0.588. The van der Waals surface area contributed by atoms with E-state index in [9.17, 15) is 9.59 Å². The largest absolute Gasteiger partial charge is 0.371 e. The third kappa shape index (κ3) is 8.58. The Morgan fingerprint density at radius 1 is 0.949 bits per heavy atom. The van der Waals surface area contributed by atoms with Crippen LogP contribution in [0.2, 0.25) is 0 Å². The van der Waals surface area contributed by atoms with Crippen LogP contribution in [-0.2, 0) is 11.2 Å². The highest BCUT2D eigenvalue weighted by molar-refractivity contribution is 6.02. The van der Waals surface area contributed by atoms with Gasteiger partial charge in [0.05, 0.1) is 5.56 Å². The van der Waals surface area contributed by atoms with Crippen LogP contribution >= 0.6 is 0 Å². The van der Waals surface area contributed by atoms with Crippen LogP contribution in [0.25, 0.3) is 0 Å². The molecule has 0 spiro atoms. The summed E-state index contributed by atoms with van der Waals surface area (Å²) >= 11 is 0. The molecule has 0 aliphatic carbocycles. The number of nitrogens with one attached hydrogen (secondary N) is 1. The molecule has 2 aliphatic rings. The van der Waals surface area contributed by atoms with Crippen LogP contribution in [0, 0.1) is 23.2 Å². The maximum Gasteiger partial charge on any atom is 0.256 e. The van der Waals surface area contributed by atoms with E-state index >= 15 is 0 Å². The lowest BCUT2D eigenvalue weighted by molar-refractivity contribution is -0.117. The number of hydrogen-bond acceptors (Lipinski definition) is 3. The predicted molar refractivity (Wildman–Crippen MR) is 162 cm³/mol. The molecule has 0 saturated carbocycles. The van der Waals surface area contributed by atoms with E-state index < -0.39 is 0 Å². The maximum atomic E-state index is 13.8. The van der Waals surface area contributed by atoms with Crippen LogP contribution in [-0.4, -0.2) is 42.9 Å². The van der Waals surface area contributed by atoms with Gasteiger partial charge in [-0.3, -0.25) is 9.59 Å². The van der Waals surface area contributed by atoms with Crippen LogP contribution in [0.5, 0.6) is 0 Å². The van der Waals surface area contributed by atoms with Crippen LogP contribution < -0.4 is 10.2 Å². The quantitative estimate of drug-likeness (QED) is 0.386. The van der Waals surface area contributed by atoms with Gasteiger partial charge in [-0.2, -0.15) is 0 Å². The van der Waals surface area contributed by atoms with E-state index in [0.29, 0.717) is 24.2 Å². The standard InChI is InChI=1S/C34H49N3O2/c1-25-13-17-37(18-14-25)33(39)30-23-29(35-32(38)21-26(2)24-34(3,4)5)11-12-31(30)36-19-15-28(16-20-36)22-27-9-7-6-8-10-27/h6-12,23,25-26,28H,13-22,24H2,1-5H3,(H,35,38). The van der Waals surface area contributed by atoms with Crippen molar-refractivity contribution in [3.63, 3.8) is 0 Å². The molecule has 212 valence electrons. The van der Waals surface area contributed by atoms with E-state index in [1.807, 2.05) is 17.0 Å². The van der Waals surface area contributed by atoms with Crippen molar-refractivity contribution in [2.75, 3.05) is 36.4 Å². The summed E-state index contributed by atoms with van der Waals surface area (Å²) in [5.74, 6) is 1.75. The van der Waals surface area contributed by atoms with E-state index in [-0.39, 0.29) is 17.2 Å². The zero-order valence-electron chi connectivity index (χ0n) is 24.8. The molecule has 4 rings (SSSR count). The van der Waals surface area contributed by atoms with E-state index in [1.165, 1.54) is 5.56 Å². The summed E-state index contributed by atoms with van der Waals surface area (Å²) in [5, 5.41) is 3.10. The first kappa shape index (κ1) is 29.2. The number of nitrogens with zero attached hydrogens (tertiary/aromatic N) is 2. The van der Waals surface area contributed by atoms with E-state index in [4.69, 9.17) is 0 Å². The summed E-state index contributed by atoms with van der Waals surface area (Å²) in [5.41, 5.74) is 4.06. The SMILES string of the molecule is CC1CCN(C(=O)c2cc(NC(=O)CC(C)CC(C)(C)C)ccc2N2CCC(Cc3ccccc3)CC2)CC1. The first-order chi connectivity index (χ1) is 18.6. The number of piperidine rings is 2. The Balaban J connectivity index is 1.47. The molecule has 5 heteroatoms. The van der Waals surface area contributed by atoms with Gasteiger partial charge in [-0.15, -0.1) is 0 Å². The Morgan fingerprint density at radius 3 is 2.26 bits per heavy atom. The maximum absolute atomic E-state index is 13.8. The lowest BCUT2D eigenvalue weighted by atomic mass is 9.84. The summed E-state index contributed by atoms with van der Waals surface area (Å²) in [6, 6.07) is 16.7. The molecule has 1 unspecified atom stereocenters. The highest BCUT2D eigenvalue weighted by Crippen LogP contribution is 2.32. The van der Waals surface area contributed by atoms with E-state index in [1.54, 1.807) is 0 Å². The summed E-state index contributed by atoms with van der Waals surface area (Å²) in [7, 11) is 0. The number of benzene rings is 2. The Labute approximate surface area is 236 Å². The minimum Gasteiger partial charge on any atom is -0.371 e. The number of carbonyl (C=O) groups excluding carboxylic acids is 2. The molecule has 2 fully saturated rings. The van der Waals surface area contributed by atoms with Crippen molar-refractivity contribution in [2.45, 2.75) is 79.6 Å². The topological polar surface area (TPSA) is 52.7 Å². The highest BCUT2D eigenvalue weighted by Gasteiger charge is 2.28. The Morgan fingerprint density at radius 2 is 1.62 bits per heavy atom. The van der Waals surface area contributed by atoms with Crippen molar-refractivity contribution >= 4 is 23.2 Å². The van der Waals surface area contributed by atoms with Crippen molar-refractivity contribution in [1.29, 1.82) is 0 Å². The van der Waals surface area contributed by atoms with E-state index in [2.05, 4.69) is 81.2 Å².